The molecule has 30 heavy (non-hydrogen) atoms. The fourth-order valence-corrected chi connectivity index (χ4v) is 2.95. The molecule has 162 valence electrons. The highest BCUT2D eigenvalue weighted by Gasteiger charge is 2.58. The number of ether oxygens (including phenoxy) is 2. The Hall–Kier alpha value is -2.81. The van der Waals surface area contributed by atoms with Crippen molar-refractivity contribution in [3.63, 3.8) is 0 Å². The summed E-state index contributed by atoms with van der Waals surface area (Å²) >= 11 is 0. The number of benzene rings is 2. The van der Waals surface area contributed by atoms with E-state index in [0.29, 0.717) is 18.7 Å². The largest absolute Gasteiger partial charge is 0.497 e. The third-order valence-electron chi connectivity index (χ3n) is 4.61. The van der Waals surface area contributed by atoms with Gasteiger partial charge in [0.05, 0.1) is 7.11 Å². The second kappa shape index (κ2) is 8.91. The molecule has 3 aromatic rings. The van der Waals surface area contributed by atoms with Crippen LogP contribution in [0.4, 0.5) is 22.0 Å². The summed E-state index contributed by atoms with van der Waals surface area (Å²) in [5, 5.41) is 4.30. The number of rotatable bonds is 9. The van der Waals surface area contributed by atoms with Crippen LogP contribution in [-0.2, 0) is 13.0 Å². The average Bonchev–Trinajstić information content (AvgIpc) is 3.11. The van der Waals surface area contributed by atoms with E-state index >= 15 is 0 Å². The number of fused-ring (bicyclic) bond motifs is 1. The molecular formula is C21H21F5N2O2. The molecule has 0 radical (unpaired) electrons. The summed E-state index contributed by atoms with van der Waals surface area (Å²) in [5.41, 5.74) is 2.83. The summed E-state index contributed by atoms with van der Waals surface area (Å²) in [4.78, 5) is 3.20. The summed E-state index contributed by atoms with van der Waals surface area (Å²) in [5.74, 6) is -4.17. The summed E-state index contributed by atoms with van der Waals surface area (Å²) in [6, 6.07) is 11.8. The van der Waals surface area contributed by atoms with Crippen LogP contribution in [0.1, 0.15) is 11.1 Å². The van der Waals surface area contributed by atoms with E-state index in [0.717, 1.165) is 28.6 Å². The zero-order valence-electron chi connectivity index (χ0n) is 16.2. The zero-order chi connectivity index (χ0) is 21.8. The second-order valence-electron chi connectivity index (χ2n) is 6.79. The smallest absolute Gasteiger partial charge is 0.456 e. The predicted octanol–water partition coefficient (Wildman–Crippen LogP) is 5.09. The fraction of sp³-hybridized carbons (Fsp3) is 0.333. The number of aromatic amines is 1. The van der Waals surface area contributed by atoms with E-state index in [1.807, 2.05) is 24.4 Å². The Morgan fingerprint density at radius 1 is 1.00 bits per heavy atom. The van der Waals surface area contributed by atoms with Gasteiger partial charge in [0.25, 0.3) is 0 Å². The number of methoxy groups -OCH3 is 1. The molecule has 0 unspecified atom stereocenters. The van der Waals surface area contributed by atoms with Gasteiger partial charge in [-0.05, 0) is 54.4 Å². The van der Waals surface area contributed by atoms with Gasteiger partial charge >= 0.3 is 12.1 Å². The van der Waals surface area contributed by atoms with Gasteiger partial charge in [-0.2, -0.15) is 22.0 Å². The number of alkyl halides is 5. The van der Waals surface area contributed by atoms with Crippen LogP contribution in [0, 0.1) is 0 Å². The molecule has 0 saturated heterocycles. The van der Waals surface area contributed by atoms with Crippen molar-refractivity contribution >= 4 is 10.9 Å². The van der Waals surface area contributed by atoms with E-state index in [4.69, 9.17) is 4.74 Å². The highest BCUT2D eigenvalue weighted by atomic mass is 19.4. The van der Waals surface area contributed by atoms with Crippen LogP contribution in [0.25, 0.3) is 10.9 Å². The highest BCUT2D eigenvalue weighted by Crippen LogP contribution is 2.35. The van der Waals surface area contributed by atoms with E-state index in [2.05, 4.69) is 15.0 Å². The maximum absolute atomic E-state index is 13.0. The lowest BCUT2D eigenvalue weighted by atomic mass is 10.1. The number of halogens is 5. The van der Waals surface area contributed by atoms with E-state index in [1.165, 1.54) is 12.1 Å². The Balaban J connectivity index is 1.52. The van der Waals surface area contributed by atoms with Crippen LogP contribution in [0.5, 0.6) is 11.5 Å². The normalized spacial score (nSPS) is 12.3. The van der Waals surface area contributed by atoms with Crippen molar-refractivity contribution in [2.24, 2.45) is 0 Å². The quantitative estimate of drug-likeness (QED) is 0.369. The Morgan fingerprint density at radius 3 is 2.53 bits per heavy atom. The van der Waals surface area contributed by atoms with Crippen LogP contribution < -0.4 is 14.8 Å². The molecule has 0 aliphatic heterocycles. The number of hydrogen-bond acceptors (Lipinski definition) is 3. The standard InChI is InChI=1S/C21H21F5N2O2/c1-29-16-5-6-19-18(10-16)15(12-28-19)7-8-27-11-14-3-2-4-17(9-14)30-13-20(22,23)21(24,25)26/h2-6,9-10,12,27-28H,7-8,11,13H2,1H3. The van der Waals surface area contributed by atoms with Gasteiger partial charge in [0.15, 0.2) is 6.61 Å². The van der Waals surface area contributed by atoms with Crippen molar-refractivity contribution in [3.8, 4) is 11.5 Å². The Morgan fingerprint density at radius 2 is 1.80 bits per heavy atom. The Labute approximate surface area is 170 Å². The van der Waals surface area contributed by atoms with Crippen molar-refractivity contribution in [3.05, 3.63) is 59.8 Å². The number of nitrogens with one attached hydrogen (secondary N) is 2. The molecule has 0 atom stereocenters. The first kappa shape index (κ1) is 21.9. The minimum absolute atomic E-state index is 0.0399. The van der Waals surface area contributed by atoms with Crippen LogP contribution in [0.3, 0.4) is 0 Å². The van der Waals surface area contributed by atoms with Gasteiger partial charge in [-0.25, -0.2) is 0 Å². The van der Waals surface area contributed by atoms with Gasteiger partial charge in [0, 0.05) is 23.6 Å². The summed E-state index contributed by atoms with van der Waals surface area (Å²) in [6.07, 6.45) is -2.97. The number of aromatic nitrogens is 1. The fourth-order valence-electron chi connectivity index (χ4n) is 2.95. The van der Waals surface area contributed by atoms with Crippen molar-refractivity contribution in [1.29, 1.82) is 0 Å². The first-order chi connectivity index (χ1) is 14.2. The van der Waals surface area contributed by atoms with Crippen molar-refractivity contribution in [2.75, 3.05) is 20.3 Å². The molecule has 0 amide bonds. The van der Waals surface area contributed by atoms with Crippen LogP contribution in [0.15, 0.2) is 48.7 Å². The van der Waals surface area contributed by atoms with Crippen LogP contribution in [0.2, 0.25) is 0 Å². The summed E-state index contributed by atoms with van der Waals surface area (Å²) < 4.78 is 72.6. The Bertz CT molecular complexity index is 985. The maximum Gasteiger partial charge on any atom is 0.456 e. The molecule has 0 fully saturated rings. The van der Waals surface area contributed by atoms with Gasteiger partial charge in [-0.1, -0.05) is 12.1 Å². The first-order valence-electron chi connectivity index (χ1n) is 9.20. The lowest BCUT2D eigenvalue weighted by Crippen LogP contribution is -2.41. The van der Waals surface area contributed by atoms with Gasteiger partial charge < -0.3 is 19.8 Å². The first-order valence-corrected chi connectivity index (χ1v) is 9.20. The molecule has 0 saturated carbocycles. The minimum Gasteiger partial charge on any atom is -0.497 e. The molecule has 3 rings (SSSR count). The van der Waals surface area contributed by atoms with Crippen molar-refractivity contribution in [1.82, 2.24) is 10.3 Å². The van der Waals surface area contributed by atoms with E-state index < -0.39 is 18.7 Å². The van der Waals surface area contributed by atoms with Crippen LogP contribution in [-0.4, -0.2) is 37.3 Å². The zero-order valence-corrected chi connectivity index (χ0v) is 16.2. The van der Waals surface area contributed by atoms with Crippen molar-refractivity contribution in [2.45, 2.75) is 25.1 Å². The molecule has 1 aromatic heterocycles. The van der Waals surface area contributed by atoms with E-state index in [-0.39, 0.29) is 5.75 Å². The molecule has 0 aliphatic carbocycles. The lowest BCUT2D eigenvalue weighted by molar-refractivity contribution is -0.290. The van der Waals surface area contributed by atoms with Crippen LogP contribution >= 0.6 is 0 Å². The monoisotopic (exact) mass is 428 g/mol. The second-order valence-corrected chi connectivity index (χ2v) is 6.79. The molecule has 0 bridgehead atoms. The van der Waals surface area contributed by atoms with Gasteiger partial charge in [0.1, 0.15) is 11.5 Å². The molecule has 2 aromatic carbocycles. The number of hydrogen-bond donors (Lipinski definition) is 2. The summed E-state index contributed by atoms with van der Waals surface area (Å²) in [7, 11) is 1.61. The lowest BCUT2D eigenvalue weighted by Gasteiger charge is -2.20. The van der Waals surface area contributed by atoms with Crippen molar-refractivity contribution < 1.29 is 31.4 Å². The molecule has 9 heteroatoms. The SMILES string of the molecule is COc1ccc2[nH]cc(CCNCc3cccc(OCC(F)(F)C(F)(F)F)c3)c2c1. The topological polar surface area (TPSA) is 46.3 Å². The van der Waals surface area contributed by atoms with Gasteiger partial charge in [0.2, 0.25) is 0 Å². The molecule has 0 aliphatic rings. The third kappa shape index (κ3) is 5.21. The molecule has 4 nitrogen and oxygen atoms in total. The highest BCUT2D eigenvalue weighted by molar-refractivity contribution is 5.84. The van der Waals surface area contributed by atoms with Gasteiger partial charge in [-0.3, -0.25) is 0 Å². The van der Waals surface area contributed by atoms with E-state index in [1.54, 1.807) is 19.2 Å². The molecule has 0 spiro atoms. The van der Waals surface area contributed by atoms with E-state index in [9.17, 15) is 22.0 Å². The molecule has 2 N–H and O–H groups in total. The predicted molar refractivity (Wildman–Crippen MR) is 103 cm³/mol. The third-order valence-corrected chi connectivity index (χ3v) is 4.61. The number of H-pyrrole nitrogens is 1. The molecular weight excluding hydrogens is 407 g/mol. The van der Waals surface area contributed by atoms with Gasteiger partial charge in [-0.15, -0.1) is 0 Å². The average molecular weight is 428 g/mol. The maximum atomic E-state index is 13.0. The summed E-state index contributed by atoms with van der Waals surface area (Å²) in [6.45, 7) is -0.697. The molecule has 1 heterocycles. The minimum atomic E-state index is -5.64. The Kier molecular flexibility index (Phi) is 6.50.